The highest BCUT2D eigenvalue weighted by atomic mass is 16.7. The van der Waals surface area contributed by atoms with Crippen molar-refractivity contribution in [2.45, 2.75) is 115 Å². The number of Topliss-reactive ketones (excluding diaryl/α,β-unsaturated/α-hetero) is 1. The zero-order chi connectivity index (χ0) is 28.2. The Morgan fingerprint density at radius 2 is 1.00 bits per heavy atom. The Morgan fingerprint density at radius 1 is 0.615 bits per heavy atom. The molecule has 1 aliphatic heterocycles. The van der Waals surface area contributed by atoms with E-state index >= 15 is 0 Å². The number of hydrogen-bond donors (Lipinski definition) is 0. The maximum atomic E-state index is 14.3. The topological polar surface area (TPSA) is 69.7 Å². The second kappa shape index (κ2) is 9.60. The molecule has 0 radical (unpaired) electrons. The Morgan fingerprint density at radius 3 is 1.36 bits per heavy atom. The van der Waals surface area contributed by atoms with Gasteiger partial charge in [0.05, 0.1) is 0 Å². The Labute approximate surface area is 232 Å². The molecule has 1 saturated heterocycles. The average Bonchev–Trinajstić information content (AvgIpc) is 2.87. The predicted octanol–water partition coefficient (Wildman–Crippen LogP) is 7.26. The van der Waals surface area contributed by atoms with Crippen LogP contribution in [0.25, 0.3) is 0 Å². The smallest absolute Gasteiger partial charge is 0.328 e. The van der Waals surface area contributed by atoms with Gasteiger partial charge in [0.2, 0.25) is 0 Å². The van der Waals surface area contributed by atoms with Crippen LogP contribution in [0.2, 0.25) is 0 Å². The van der Waals surface area contributed by atoms with E-state index in [1.807, 2.05) is 48.5 Å². The van der Waals surface area contributed by atoms with Crippen LogP contribution in [-0.2, 0) is 34.7 Å². The van der Waals surface area contributed by atoms with E-state index in [9.17, 15) is 14.4 Å². The highest BCUT2D eigenvalue weighted by Gasteiger charge is 2.68. The molecule has 2 atom stereocenters. The van der Waals surface area contributed by atoms with Crippen LogP contribution in [0.5, 0.6) is 0 Å². The summed E-state index contributed by atoms with van der Waals surface area (Å²) in [7, 11) is 0. The van der Waals surface area contributed by atoms with Crippen LogP contribution >= 0.6 is 0 Å². The zero-order valence-corrected chi connectivity index (χ0v) is 24.3. The standard InChI is InChI=1S/C34H42O5/c1-31(2,3)24-14-10-22(11-15-24)27-20-26(35)21-28(23-12-16-25(17-13-23)32(4,5)6)34(27)29(36)38-33(39-30(34)37)18-8-7-9-19-33/h10-17,27-28H,7-9,18-21H2,1-6H3/t27-,28+. The molecule has 0 bridgehead atoms. The van der Waals surface area contributed by atoms with Crippen molar-refractivity contribution >= 4 is 17.7 Å². The van der Waals surface area contributed by atoms with E-state index < -0.39 is 35.0 Å². The minimum absolute atomic E-state index is 0.0361. The van der Waals surface area contributed by atoms with Crippen LogP contribution in [0.3, 0.4) is 0 Å². The lowest BCUT2D eigenvalue weighted by Crippen LogP contribution is -2.62. The fraction of sp³-hybridized carbons (Fsp3) is 0.559. The Balaban J connectivity index is 1.64. The molecule has 0 N–H and O–H groups in total. The van der Waals surface area contributed by atoms with Crippen LogP contribution in [-0.4, -0.2) is 23.5 Å². The van der Waals surface area contributed by atoms with E-state index in [2.05, 4.69) is 41.5 Å². The van der Waals surface area contributed by atoms with Gasteiger partial charge in [-0.1, -0.05) is 96.5 Å². The molecule has 0 unspecified atom stereocenters. The lowest BCUT2D eigenvalue weighted by molar-refractivity contribution is -0.275. The number of carbonyl (C=O) groups is 3. The molecule has 5 heteroatoms. The van der Waals surface area contributed by atoms with Gasteiger partial charge in [-0.25, -0.2) is 0 Å². The van der Waals surface area contributed by atoms with Gasteiger partial charge in [-0.15, -0.1) is 0 Å². The summed E-state index contributed by atoms with van der Waals surface area (Å²) in [5.74, 6) is -3.55. The largest absolute Gasteiger partial charge is 0.422 e. The summed E-state index contributed by atoms with van der Waals surface area (Å²) < 4.78 is 12.4. The van der Waals surface area contributed by atoms with Gasteiger partial charge >= 0.3 is 11.9 Å². The molecule has 39 heavy (non-hydrogen) atoms. The highest BCUT2D eigenvalue weighted by molar-refractivity contribution is 6.06. The first-order chi connectivity index (χ1) is 18.3. The van der Waals surface area contributed by atoms with Crippen molar-refractivity contribution in [3.8, 4) is 0 Å². The number of benzene rings is 2. The second-order valence-corrected chi connectivity index (χ2v) is 13.9. The van der Waals surface area contributed by atoms with Crippen molar-refractivity contribution in [3.63, 3.8) is 0 Å². The summed E-state index contributed by atoms with van der Waals surface area (Å²) in [5, 5.41) is 0. The summed E-state index contributed by atoms with van der Waals surface area (Å²) in [5.41, 5.74) is 2.15. The van der Waals surface area contributed by atoms with E-state index in [1.54, 1.807) is 0 Å². The van der Waals surface area contributed by atoms with E-state index in [4.69, 9.17) is 9.47 Å². The number of esters is 2. The van der Waals surface area contributed by atoms with Crippen LogP contribution in [0.1, 0.15) is 121 Å². The molecular formula is C34H42O5. The number of carbonyl (C=O) groups excluding carboxylic acids is 3. The molecular weight excluding hydrogens is 488 g/mol. The van der Waals surface area contributed by atoms with Gasteiger partial charge in [0.1, 0.15) is 5.78 Å². The quantitative estimate of drug-likeness (QED) is 0.302. The van der Waals surface area contributed by atoms with Gasteiger partial charge in [0.25, 0.3) is 5.79 Å². The summed E-state index contributed by atoms with van der Waals surface area (Å²) in [4.78, 5) is 42.0. The van der Waals surface area contributed by atoms with Crippen molar-refractivity contribution in [1.82, 2.24) is 0 Å². The molecule has 2 aromatic carbocycles. The Bertz CT molecular complexity index is 1160. The third-order valence-electron chi connectivity index (χ3n) is 9.17. The molecule has 0 aromatic heterocycles. The normalized spacial score (nSPS) is 24.9. The number of ketones is 1. The summed E-state index contributed by atoms with van der Waals surface area (Å²) in [6.45, 7) is 12.9. The Kier molecular flexibility index (Phi) is 6.80. The third kappa shape index (κ3) is 4.83. The number of rotatable bonds is 2. The van der Waals surface area contributed by atoms with Crippen molar-refractivity contribution in [2.75, 3.05) is 0 Å². The minimum Gasteiger partial charge on any atom is -0.422 e. The van der Waals surface area contributed by atoms with Crippen LogP contribution in [0.15, 0.2) is 48.5 Å². The Hall–Kier alpha value is -2.95. The van der Waals surface area contributed by atoms with Crippen molar-refractivity contribution < 1.29 is 23.9 Å². The number of ether oxygens (including phenoxy) is 2. The summed E-state index contributed by atoms with van der Waals surface area (Å²) in [6.07, 6.45) is 3.97. The van der Waals surface area contributed by atoms with Gasteiger partial charge in [-0.2, -0.15) is 0 Å². The molecule has 2 aromatic rings. The molecule has 3 aliphatic rings. The molecule has 5 nitrogen and oxygen atoms in total. The fourth-order valence-electron chi connectivity index (χ4n) is 6.77. The molecule has 208 valence electrons. The summed E-state index contributed by atoms with van der Waals surface area (Å²) >= 11 is 0. The molecule has 0 amide bonds. The van der Waals surface area contributed by atoms with Crippen molar-refractivity contribution in [2.24, 2.45) is 5.41 Å². The lowest BCUT2D eigenvalue weighted by Gasteiger charge is -2.52. The van der Waals surface area contributed by atoms with E-state index in [0.29, 0.717) is 12.8 Å². The van der Waals surface area contributed by atoms with Crippen LogP contribution < -0.4 is 0 Å². The maximum absolute atomic E-state index is 14.3. The molecule has 2 spiro atoms. The van der Waals surface area contributed by atoms with E-state index in [0.717, 1.165) is 41.5 Å². The SMILES string of the molecule is CC(C)(C)c1ccc([C@H]2CC(=O)C[C@@H](c3ccc(C(C)(C)C)cc3)C23C(=O)OC2(CCCCC2)OC3=O)cc1. The van der Waals surface area contributed by atoms with Gasteiger partial charge < -0.3 is 9.47 Å². The molecule has 1 heterocycles. The summed E-state index contributed by atoms with van der Waals surface area (Å²) in [6, 6.07) is 16.0. The third-order valence-corrected chi connectivity index (χ3v) is 9.17. The van der Waals surface area contributed by atoms with Crippen LogP contribution in [0.4, 0.5) is 0 Å². The zero-order valence-electron chi connectivity index (χ0n) is 24.3. The maximum Gasteiger partial charge on any atom is 0.328 e. The van der Waals surface area contributed by atoms with Gasteiger partial charge in [-0.3, -0.25) is 14.4 Å². The molecule has 2 aliphatic carbocycles. The van der Waals surface area contributed by atoms with Gasteiger partial charge in [0, 0.05) is 37.5 Å². The monoisotopic (exact) mass is 530 g/mol. The second-order valence-electron chi connectivity index (χ2n) is 13.9. The van der Waals surface area contributed by atoms with E-state index in [1.165, 1.54) is 0 Å². The molecule has 3 fully saturated rings. The average molecular weight is 531 g/mol. The van der Waals surface area contributed by atoms with Crippen molar-refractivity contribution in [1.29, 1.82) is 0 Å². The van der Waals surface area contributed by atoms with Gasteiger partial charge in [0.15, 0.2) is 5.41 Å². The first-order valence-corrected chi connectivity index (χ1v) is 14.5. The minimum atomic E-state index is -1.62. The molecule has 5 rings (SSSR count). The van der Waals surface area contributed by atoms with Crippen molar-refractivity contribution in [3.05, 3.63) is 70.8 Å². The van der Waals surface area contributed by atoms with E-state index in [-0.39, 0.29) is 29.5 Å². The first-order valence-electron chi connectivity index (χ1n) is 14.5. The fourth-order valence-corrected chi connectivity index (χ4v) is 6.77. The highest BCUT2D eigenvalue weighted by Crippen LogP contribution is 2.59. The van der Waals surface area contributed by atoms with Crippen LogP contribution in [0, 0.1) is 5.41 Å². The predicted molar refractivity (Wildman–Crippen MR) is 150 cm³/mol. The number of hydrogen-bond acceptors (Lipinski definition) is 5. The lowest BCUT2D eigenvalue weighted by atomic mass is 9.55. The first kappa shape index (κ1) is 27.6. The molecule has 2 saturated carbocycles. The van der Waals surface area contributed by atoms with Gasteiger partial charge in [-0.05, 0) is 45.9 Å².